The molecule has 0 aromatic heterocycles. The summed E-state index contributed by atoms with van der Waals surface area (Å²) in [6, 6.07) is 9.24. The summed E-state index contributed by atoms with van der Waals surface area (Å²) in [6.45, 7) is -4.75. The molecule has 1 N–H and O–H groups in total. The minimum absolute atomic E-state index is 0.0185. The Morgan fingerprint density at radius 3 is 2.43 bits per heavy atom. The lowest BCUT2D eigenvalue weighted by Gasteiger charge is -2.40. The molecular weight excluding hydrogens is 710 g/mol. The van der Waals surface area contributed by atoms with Gasteiger partial charge in [0.1, 0.15) is 12.6 Å². The van der Waals surface area contributed by atoms with Crippen LogP contribution in [0.2, 0.25) is 0 Å². The number of aliphatic hydroxyl groups excluding tert-OH is 1. The van der Waals surface area contributed by atoms with Crippen molar-refractivity contribution in [2.75, 3.05) is 44.7 Å². The van der Waals surface area contributed by atoms with Crippen LogP contribution in [-0.2, 0) is 28.0 Å². The van der Waals surface area contributed by atoms with Crippen LogP contribution in [0.3, 0.4) is 0 Å². The maximum atomic E-state index is 15.3. The number of hydrogen-bond donors (Lipinski definition) is 1. The minimum Gasteiger partial charge on any atom is -0.384 e. The number of hydrogen-bond acceptors (Lipinski definition) is 6. The molecule has 1 unspecified atom stereocenters. The number of likely N-dealkylation sites (tertiary alicyclic amines) is 1. The largest absolute Gasteiger partial charge is 0.416 e. The lowest BCUT2D eigenvalue weighted by atomic mass is 9.99. The number of aliphatic hydroxyl groups is 1. The van der Waals surface area contributed by atoms with Gasteiger partial charge in [-0.2, -0.15) is 13.2 Å². The third-order valence-corrected chi connectivity index (χ3v) is 9.87. The Kier molecular flexibility index (Phi) is 8.43. The first kappa shape index (κ1) is 26.5. The van der Waals surface area contributed by atoms with Crippen molar-refractivity contribution in [3.05, 3.63) is 135 Å². The molecule has 0 saturated carbocycles. The second-order valence-electron chi connectivity index (χ2n) is 12.4. The summed E-state index contributed by atoms with van der Waals surface area (Å²) < 4.78 is 169. The molecule has 280 valence electrons. The molecule has 1 atom stereocenters. The van der Waals surface area contributed by atoms with Crippen molar-refractivity contribution < 1.29 is 51.7 Å². The van der Waals surface area contributed by atoms with Gasteiger partial charge in [0.25, 0.3) is 0 Å². The number of carbonyl (C=O) groups excluding carboxylic acids is 1. The highest BCUT2D eigenvalue weighted by molar-refractivity contribution is 8.02. The van der Waals surface area contributed by atoms with Crippen LogP contribution in [0.4, 0.5) is 27.6 Å². The monoisotopic (exact) mass is 762 g/mol. The van der Waals surface area contributed by atoms with E-state index in [1.165, 1.54) is 55.5 Å². The number of alkyl halides is 3. The highest BCUT2D eigenvalue weighted by Gasteiger charge is 2.33. The summed E-state index contributed by atoms with van der Waals surface area (Å²) in [4.78, 5) is 18.3. The number of amides is 1. The number of carbonyl (C=O) groups is 1. The Morgan fingerprint density at radius 1 is 1.06 bits per heavy atom. The van der Waals surface area contributed by atoms with Crippen molar-refractivity contribution in [3.8, 4) is 11.1 Å². The van der Waals surface area contributed by atoms with E-state index in [0.717, 1.165) is 18.2 Å². The third-order valence-electron chi connectivity index (χ3n) is 8.84. The summed E-state index contributed by atoms with van der Waals surface area (Å²) in [5.41, 5.74) is -1.79. The fraction of sp³-hybridized carbons (Fsp3) is 0.341. The molecule has 1 amide bonds. The van der Waals surface area contributed by atoms with Gasteiger partial charge < -0.3 is 24.5 Å². The van der Waals surface area contributed by atoms with Gasteiger partial charge in [-0.1, -0.05) is 66.2 Å². The number of benzene rings is 4. The minimum atomic E-state index is -4.58. The molecule has 1 saturated heterocycles. The van der Waals surface area contributed by atoms with Crippen LogP contribution in [0, 0.1) is 18.6 Å². The molecule has 4 aromatic rings. The van der Waals surface area contributed by atoms with Gasteiger partial charge in [-0.15, -0.1) is 11.8 Å². The number of thioether (sulfide) groups is 1. The number of ether oxygens (including phenoxy) is 1. The van der Waals surface area contributed by atoms with Crippen LogP contribution in [-0.4, -0.2) is 66.6 Å². The molecule has 6 nitrogen and oxygen atoms in total. The number of fused-ring (bicyclic) bond motifs is 1. The highest BCUT2D eigenvalue weighted by atomic mass is 32.2. The van der Waals surface area contributed by atoms with E-state index in [0.29, 0.717) is 32.7 Å². The Hall–Kier alpha value is -4.23. The number of halogens is 5. The van der Waals surface area contributed by atoms with E-state index in [2.05, 4.69) is 0 Å². The second kappa shape index (κ2) is 16.8. The second-order valence-corrected chi connectivity index (χ2v) is 13.4. The first-order chi connectivity index (χ1) is 29.8. The Morgan fingerprint density at radius 2 is 1.75 bits per heavy atom. The van der Waals surface area contributed by atoms with Crippen molar-refractivity contribution in [3.63, 3.8) is 0 Å². The molecule has 0 spiro atoms. The van der Waals surface area contributed by atoms with E-state index >= 15 is 4.79 Å². The third kappa shape index (κ3) is 9.29. The van der Waals surface area contributed by atoms with Gasteiger partial charge in [-0.05, 0) is 66.7 Å². The summed E-state index contributed by atoms with van der Waals surface area (Å²) in [7, 11) is -2.65. The summed E-state index contributed by atoms with van der Waals surface area (Å²) >= 11 is 0.508. The van der Waals surface area contributed by atoms with E-state index in [1.807, 2.05) is 4.90 Å². The average molecular weight is 763 g/mol. The van der Waals surface area contributed by atoms with Gasteiger partial charge in [0, 0.05) is 61.8 Å². The van der Waals surface area contributed by atoms with Crippen LogP contribution < -0.4 is 4.90 Å². The van der Waals surface area contributed by atoms with Crippen LogP contribution in [0.5, 0.6) is 0 Å². The van der Waals surface area contributed by atoms with Gasteiger partial charge in [-0.25, -0.2) is 8.78 Å². The number of methoxy groups -OCH3 is 1. The molecular formula is C41H42F5N3O3S. The summed E-state index contributed by atoms with van der Waals surface area (Å²) in [5, 5.41) is 10.9. The maximum absolute atomic E-state index is 15.3. The summed E-state index contributed by atoms with van der Waals surface area (Å²) in [6.07, 6.45) is -6.55. The number of nitrogens with zero attached hydrogens (tertiary/aromatic N) is 3. The molecule has 53 heavy (non-hydrogen) atoms. The molecule has 0 bridgehead atoms. The van der Waals surface area contributed by atoms with Gasteiger partial charge in [0.05, 0.1) is 32.3 Å². The van der Waals surface area contributed by atoms with Crippen molar-refractivity contribution in [2.24, 2.45) is 0 Å². The molecule has 2 aliphatic rings. The van der Waals surface area contributed by atoms with E-state index in [1.54, 1.807) is 0 Å². The van der Waals surface area contributed by atoms with Crippen LogP contribution in [0.25, 0.3) is 11.1 Å². The molecule has 2 heterocycles. The van der Waals surface area contributed by atoms with Crippen LogP contribution in [0.15, 0.2) is 95.9 Å². The number of piperidine rings is 1. The van der Waals surface area contributed by atoms with Crippen LogP contribution >= 0.6 is 11.8 Å². The first-order valence-electron chi connectivity index (χ1n) is 22.1. The predicted molar refractivity (Wildman–Crippen MR) is 198 cm³/mol. The van der Waals surface area contributed by atoms with E-state index in [4.69, 9.17) is 14.3 Å². The Labute approximate surface area is 326 Å². The molecule has 4 aromatic carbocycles. The molecule has 6 rings (SSSR count). The van der Waals surface area contributed by atoms with E-state index in [-0.39, 0.29) is 55.8 Å². The number of rotatable bonds is 12. The number of anilines is 1. The topological polar surface area (TPSA) is 56.3 Å². The normalized spacial score (nSPS) is 20.7. The molecule has 0 aliphatic carbocycles. The van der Waals surface area contributed by atoms with Crippen molar-refractivity contribution in [2.45, 2.75) is 50.3 Å². The lowest BCUT2D eigenvalue weighted by Crippen LogP contribution is -2.50. The summed E-state index contributed by atoms with van der Waals surface area (Å²) in [5.74, 6) is -4.53. The van der Waals surface area contributed by atoms with E-state index in [9.17, 15) is 32.5 Å². The zero-order valence-electron chi connectivity index (χ0n) is 39.4. The highest BCUT2D eigenvalue weighted by Crippen LogP contribution is 2.41. The lowest BCUT2D eigenvalue weighted by molar-refractivity contribution is -0.137. The van der Waals surface area contributed by atoms with Gasteiger partial charge in [0.2, 0.25) is 5.91 Å². The Bertz CT molecular complexity index is 2420. The fourth-order valence-electron chi connectivity index (χ4n) is 6.02. The van der Waals surface area contributed by atoms with Crippen molar-refractivity contribution in [1.29, 1.82) is 0 Å². The van der Waals surface area contributed by atoms with Gasteiger partial charge in [-0.3, -0.25) is 4.79 Å². The van der Waals surface area contributed by atoms with Crippen LogP contribution in [0.1, 0.15) is 61.8 Å². The molecule has 1 fully saturated rings. The predicted octanol–water partition coefficient (Wildman–Crippen LogP) is 8.73. The van der Waals surface area contributed by atoms with Crippen molar-refractivity contribution >= 4 is 23.4 Å². The fourth-order valence-corrected chi connectivity index (χ4v) is 7.00. The maximum Gasteiger partial charge on any atom is 0.416 e. The van der Waals surface area contributed by atoms with Crippen molar-refractivity contribution in [1.82, 2.24) is 9.80 Å². The smallest absolute Gasteiger partial charge is 0.384 e. The molecule has 2 aliphatic heterocycles. The first-order valence-corrected chi connectivity index (χ1v) is 17.6. The average Bonchev–Trinajstić information content (AvgIpc) is 3.23. The van der Waals surface area contributed by atoms with Gasteiger partial charge >= 0.3 is 6.18 Å². The quantitative estimate of drug-likeness (QED) is 0.146. The zero-order chi connectivity index (χ0) is 47.3. The van der Waals surface area contributed by atoms with Gasteiger partial charge in [0.15, 0.2) is 11.6 Å². The standard InChI is InChI=1S/C41H42F5N3O3S/c1-27-6-15-36-34(22-27)37(50)23-39(53-26-31-4-3-5-35(42)40(31)43)49(36)25-38(51)48(33-16-18-47(19-17-33)20-21-52-2)24-28-7-9-29(10-8-28)30-11-13-32(14-12-30)41(44,45)46/h3-15,22-23,33,37,50H,16-21,24-26H2,1-2H3/i2D3,6D,15D,22D,23D,24D2,25D2. The molecule has 12 heteroatoms. The Balaban J connectivity index is 1.44. The SMILES string of the molecule is [2H]C1=C(SCc2cccc(F)c2F)N(C([2H])([2H])C(=O)N(C2CCN(CCOC([2H])([2H])[2H])CC2)C([2H])([2H])c2ccc(-c3ccc(C(F)(F)F)cc3)cc2)c2c([2H])c([2H])c(C)c([2H])c2C1O. The zero-order valence-corrected chi connectivity index (χ0v) is 29.2. The van der Waals surface area contributed by atoms with E-state index < -0.39 is 108 Å². The molecule has 0 radical (unpaired) electrons.